The molecule has 0 aromatic heterocycles. The van der Waals surface area contributed by atoms with Gasteiger partial charge >= 0.3 is 0 Å². The summed E-state index contributed by atoms with van der Waals surface area (Å²) in [7, 11) is 0. The highest BCUT2D eigenvalue weighted by Gasteiger charge is 2.00. The third kappa shape index (κ3) is 15.8. The molecule has 0 saturated heterocycles. The lowest BCUT2D eigenvalue weighted by Crippen LogP contribution is -2.10. The van der Waals surface area contributed by atoms with E-state index in [2.05, 4.69) is 6.92 Å². The van der Waals surface area contributed by atoms with Crippen LogP contribution in [0.5, 0.6) is 0 Å². The van der Waals surface area contributed by atoms with Gasteiger partial charge in [-0.2, -0.15) is 0 Å². The van der Waals surface area contributed by atoms with Crippen molar-refractivity contribution in [3.8, 4) is 0 Å². The van der Waals surface area contributed by atoms with Crippen molar-refractivity contribution in [2.45, 2.75) is 89.3 Å². The van der Waals surface area contributed by atoms with Crippen LogP contribution in [0.4, 0.5) is 0 Å². The minimum absolute atomic E-state index is 0.106. The van der Waals surface area contributed by atoms with Crippen LogP contribution in [0.3, 0.4) is 0 Å². The van der Waals surface area contributed by atoms with Crippen LogP contribution < -0.4 is 0 Å². The number of aliphatic hydroxyl groups is 3. The molecule has 1 radical (unpaired) electrons. The maximum atomic E-state index is 9.17. The van der Waals surface area contributed by atoms with E-state index in [-0.39, 0.29) is 12.7 Å². The van der Waals surface area contributed by atoms with Gasteiger partial charge in [0.1, 0.15) is 0 Å². The first-order valence-corrected chi connectivity index (χ1v) is 7.97. The molecule has 0 aromatic carbocycles. The van der Waals surface area contributed by atoms with Gasteiger partial charge in [-0.3, -0.25) is 0 Å². The molecule has 0 saturated carbocycles. The minimum atomic E-state index is -0.517. The molecule has 0 aliphatic rings. The first-order valence-electron chi connectivity index (χ1n) is 7.97. The molecule has 2 unspecified atom stereocenters. The highest BCUT2D eigenvalue weighted by atomic mass is 16.3. The molecule has 0 aromatic rings. The zero-order valence-electron chi connectivity index (χ0n) is 12.4. The Balaban J connectivity index is 2.99. The van der Waals surface area contributed by atoms with Crippen LogP contribution in [0.2, 0.25) is 0 Å². The Hall–Kier alpha value is -0.120. The molecule has 0 fully saturated rings. The number of unbranched alkanes of at least 4 members (excludes halogenated alkanes) is 9. The molecule has 0 heterocycles. The van der Waals surface area contributed by atoms with Gasteiger partial charge in [-0.25, -0.2) is 0 Å². The second-order valence-electron chi connectivity index (χ2n) is 5.60. The third-order valence-electron chi connectivity index (χ3n) is 3.54. The maximum Gasteiger partial charge on any atom is 0.0770 e. The first kappa shape index (κ1) is 18.9. The van der Waals surface area contributed by atoms with Gasteiger partial charge in [0.25, 0.3) is 0 Å². The fourth-order valence-electron chi connectivity index (χ4n) is 2.27. The lowest BCUT2D eigenvalue weighted by molar-refractivity contribution is 0.0860. The lowest BCUT2D eigenvalue weighted by Gasteiger charge is -2.06. The van der Waals surface area contributed by atoms with Gasteiger partial charge in [0, 0.05) is 0 Å². The minimum Gasteiger partial charge on any atom is -0.394 e. The fraction of sp³-hybridized carbons (Fsp3) is 0.938. The summed E-state index contributed by atoms with van der Waals surface area (Å²) in [4.78, 5) is 0. The van der Waals surface area contributed by atoms with Gasteiger partial charge in [0.2, 0.25) is 0 Å². The van der Waals surface area contributed by atoms with Crippen LogP contribution in [-0.4, -0.2) is 34.1 Å². The van der Waals surface area contributed by atoms with Gasteiger partial charge in [-0.1, -0.05) is 64.2 Å². The molecule has 0 rings (SSSR count). The fourth-order valence-corrected chi connectivity index (χ4v) is 2.27. The molecule has 3 heteroatoms. The predicted octanol–water partition coefficient (Wildman–Crippen LogP) is 3.22. The zero-order chi connectivity index (χ0) is 14.3. The van der Waals surface area contributed by atoms with Crippen LogP contribution in [-0.2, 0) is 0 Å². The largest absolute Gasteiger partial charge is 0.394 e. The Labute approximate surface area is 119 Å². The van der Waals surface area contributed by atoms with Gasteiger partial charge in [0.05, 0.1) is 18.8 Å². The second kappa shape index (κ2) is 14.3. The SMILES string of the molecule is [CH2]C(O)CCCCCCCCCCCCC(O)CO. The Kier molecular flexibility index (Phi) is 14.2. The number of aliphatic hydroxyl groups excluding tert-OH is 3. The molecular weight excluding hydrogens is 240 g/mol. The summed E-state index contributed by atoms with van der Waals surface area (Å²) in [5, 5.41) is 26.8. The van der Waals surface area contributed by atoms with Crippen molar-refractivity contribution in [3.63, 3.8) is 0 Å². The Morgan fingerprint density at radius 2 is 1.00 bits per heavy atom. The molecule has 0 aliphatic heterocycles. The Morgan fingerprint density at radius 3 is 1.37 bits per heavy atom. The van der Waals surface area contributed by atoms with Crippen molar-refractivity contribution in [2.75, 3.05) is 6.61 Å². The van der Waals surface area contributed by atoms with Crippen molar-refractivity contribution in [3.05, 3.63) is 6.92 Å². The first-order chi connectivity index (χ1) is 9.16. The van der Waals surface area contributed by atoms with Crippen LogP contribution in [0.15, 0.2) is 0 Å². The smallest absolute Gasteiger partial charge is 0.0770 e. The molecule has 2 atom stereocenters. The summed E-state index contributed by atoms with van der Waals surface area (Å²) in [6.45, 7) is 3.46. The van der Waals surface area contributed by atoms with Crippen LogP contribution in [0.1, 0.15) is 77.0 Å². The van der Waals surface area contributed by atoms with Crippen molar-refractivity contribution < 1.29 is 15.3 Å². The predicted molar refractivity (Wildman–Crippen MR) is 79.9 cm³/mol. The second-order valence-corrected chi connectivity index (χ2v) is 5.60. The van der Waals surface area contributed by atoms with E-state index in [0.29, 0.717) is 0 Å². The lowest BCUT2D eigenvalue weighted by atomic mass is 10.0. The number of rotatable bonds is 14. The monoisotopic (exact) mass is 273 g/mol. The molecule has 3 nitrogen and oxygen atoms in total. The van der Waals surface area contributed by atoms with E-state index in [0.717, 1.165) is 25.7 Å². The van der Waals surface area contributed by atoms with Crippen molar-refractivity contribution >= 4 is 0 Å². The normalized spacial score (nSPS) is 14.5. The van der Waals surface area contributed by atoms with Gasteiger partial charge < -0.3 is 15.3 Å². The van der Waals surface area contributed by atoms with E-state index in [1.165, 1.54) is 51.4 Å². The zero-order valence-corrected chi connectivity index (χ0v) is 12.4. The summed E-state index contributed by atoms with van der Waals surface area (Å²) in [5.41, 5.74) is 0. The highest BCUT2D eigenvalue weighted by molar-refractivity contribution is 4.57. The molecule has 0 bridgehead atoms. The molecule has 3 N–H and O–H groups in total. The van der Waals surface area contributed by atoms with E-state index >= 15 is 0 Å². The van der Waals surface area contributed by atoms with Crippen LogP contribution in [0.25, 0.3) is 0 Å². The average molecular weight is 273 g/mol. The topological polar surface area (TPSA) is 60.7 Å². The van der Waals surface area contributed by atoms with Gasteiger partial charge in [-0.15, -0.1) is 0 Å². The van der Waals surface area contributed by atoms with Gasteiger partial charge in [0.15, 0.2) is 0 Å². The highest BCUT2D eigenvalue weighted by Crippen LogP contribution is 2.12. The summed E-state index contributed by atoms with van der Waals surface area (Å²) in [6, 6.07) is 0. The quantitative estimate of drug-likeness (QED) is 0.426. The molecule has 0 aliphatic carbocycles. The van der Waals surface area contributed by atoms with Crippen molar-refractivity contribution in [1.29, 1.82) is 0 Å². The van der Waals surface area contributed by atoms with E-state index in [9.17, 15) is 0 Å². The number of hydrogen-bond acceptors (Lipinski definition) is 3. The Morgan fingerprint density at radius 1 is 0.632 bits per heavy atom. The standard InChI is InChI=1S/C16H33O3/c1-15(18)12-10-8-6-4-2-3-5-7-9-11-13-16(19)14-17/h15-19H,1-14H2. The van der Waals surface area contributed by atoms with E-state index in [1.807, 2.05) is 0 Å². The molecular formula is C16H33O3. The van der Waals surface area contributed by atoms with E-state index < -0.39 is 6.10 Å². The van der Waals surface area contributed by atoms with Crippen molar-refractivity contribution in [2.24, 2.45) is 0 Å². The van der Waals surface area contributed by atoms with Crippen molar-refractivity contribution in [1.82, 2.24) is 0 Å². The van der Waals surface area contributed by atoms with Gasteiger partial charge in [-0.05, 0) is 19.8 Å². The van der Waals surface area contributed by atoms with E-state index in [4.69, 9.17) is 15.3 Å². The number of hydrogen-bond donors (Lipinski definition) is 3. The van der Waals surface area contributed by atoms with E-state index in [1.54, 1.807) is 0 Å². The molecule has 115 valence electrons. The summed E-state index contributed by atoms with van der Waals surface area (Å²) in [5.74, 6) is 0. The molecule has 0 spiro atoms. The van der Waals surface area contributed by atoms with Crippen LogP contribution >= 0.6 is 0 Å². The maximum absolute atomic E-state index is 9.17. The molecule has 19 heavy (non-hydrogen) atoms. The average Bonchev–Trinajstić information content (AvgIpc) is 2.39. The Bertz CT molecular complexity index is 171. The summed E-state index contributed by atoms with van der Waals surface area (Å²) in [6.07, 6.45) is 12.9. The molecule has 0 amide bonds. The summed E-state index contributed by atoms with van der Waals surface area (Å²) >= 11 is 0. The van der Waals surface area contributed by atoms with Crippen LogP contribution in [0, 0.1) is 6.92 Å². The third-order valence-corrected chi connectivity index (χ3v) is 3.54. The summed E-state index contributed by atoms with van der Waals surface area (Å²) < 4.78 is 0.